The third kappa shape index (κ3) is 1.74. The van der Waals surface area contributed by atoms with Crippen molar-refractivity contribution in [1.82, 2.24) is 4.90 Å². The van der Waals surface area contributed by atoms with Crippen molar-refractivity contribution in [2.45, 2.75) is 57.3 Å². The third-order valence-corrected chi connectivity index (χ3v) is 4.69. The van der Waals surface area contributed by atoms with E-state index in [0.717, 1.165) is 6.42 Å². The zero-order valence-electron chi connectivity index (χ0n) is 12.1. The molecule has 0 radical (unpaired) electrons. The fraction of sp³-hybridized carbons (Fsp3) is 0.857. The molecule has 20 heavy (non-hydrogen) atoms. The minimum Gasteiger partial charge on any atom is -0.481 e. The summed E-state index contributed by atoms with van der Waals surface area (Å²) >= 11 is 0. The predicted octanol–water partition coefficient (Wildman–Crippen LogP) is 1.63. The van der Waals surface area contributed by atoms with Gasteiger partial charge < -0.3 is 19.5 Å². The highest BCUT2D eigenvalue weighted by Crippen LogP contribution is 2.60. The van der Waals surface area contributed by atoms with E-state index in [1.165, 1.54) is 4.90 Å². The Labute approximate surface area is 118 Å². The molecule has 0 aromatic heterocycles. The number of carbonyl (C=O) groups excluding carboxylic acids is 1. The SMILES string of the molecule is CC(C)(C)OC(=O)N1CC2(C1)OC1CCC2(C(=O)O)C1. The molecule has 1 N–H and O–H groups in total. The highest BCUT2D eigenvalue weighted by Gasteiger charge is 2.72. The summed E-state index contributed by atoms with van der Waals surface area (Å²) in [6.45, 7) is 6.09. The number of fused-ring (bicyclic) bond motifs is 3. The van der Waals surface area contributed by atoms with Crippen LogP contribution in [-0.2, 0) is 14.3 Å². The lowest BCUT2D eigenvalue weighted by atomic mass is 9.67. The number of rotatable bonds is 1. The van der Waals surface area contributed by atoms with E-state index in [1.807, 2.05) is 20.8 Å². The van der Waals surface area contributed by atoms with E-state index in [0.29, 0.717) is 25.9 Å². The van der Waals surface area contributed by atoms with Crippen molar-refractivity contribution >= 4 is 12.1 Å². The number of carboxylic acid groups (broad SMARTS) is 1. The molecular weight excluding hydrogens is 262 g/mol. The van der Waals surface area contributed by atoms with Gasteiger partial charge in [-0.15, -0.1) is 0 Å². The Kier molecular flexibility index (Phi) is 2.65. The highest BCUT2D eigenvalue weighted by atomic mass is 16.6. The Morgan fingerprint density at radius 1 is 1.35 bits per heavy atom. The highest BCUT2D eigenvalue weighted by molar-refractivity contribution is 5.79. The van der Waals surface area contributed by atoms with Gasteiger partial charge in [-0.1, -0.05) is 0 Å². The van der Waals surface area contributed by atoms with E-state index in [1.54, 1.807) is 0 Å². The first kappa shape index (κ1) is 13.7. The van der Waals surface area contributed by atoms with Gasteiger partial charge in [0.05, 0.1) is 19.2 Å². The van der Waals surface area contributed by atoms with Gasteiger partial charge >= 0.3 is 12.1 Å². The summed E-state index contributed by atoms with van der Waals surface area (Å²) in [6, 6.07) is 0. The number of aliphatic carboxylic acids is 1. The van der Waals surface area contributed by atoms with E-state index >= 15 is 0 Å². The molecule has 2 aliphatic heterocycles. The van der Waals surface area contributed by atoms with E-state index in [4.69, 9.17) is 9.47 Å². The van der Waals surface area contributed by atoms with Gasteiger partial charge in [-0.3, -0.25) is 4.79 Å². The largest absolute Gasteiger partial charge is 0.481 e. The second kappa shape index (κ2) is 3.87. The number of carbonyl (C=O) groups is 2. The summed E-state index contributed by atoms with van der Waals surface area (Å²) in [5, 5.41) is 9.59. The van der Waals surface area contributed by atoms with Gasteiger partial charge in [0.2, 0.25) is 0 Å². The van der Waals surface area contributed by atoms with Crippen LogP contribution in [0, 0.1) is 5.41 Å². The maximum absolute atomic E-state index is 12.0. The van der Waals surface area contributed by atoms with Crippen LogP contribution in [0.4, 0.5) is 4.79 Å². The molecule has 112 valence electrons. The van der Waals surface area contributed by atoms with Crippen molar-refractivity contribution in [3.8, 4) is 0 Å². The van der Waals surface area contributed by atoms with Crippen LogP contribution in [0.2, 0.25) is 0 Å². The van der Waals surface area contributed by atoms with Crippen molar-refractivity contribution < 1.29 is 24.2 Å². The molecule has 1 amide bonds. The monoisotopic (exact) mass is 283 g/mol. The lowest BCUT2D eigenvalue weighted by molar-refractivity contribution is -0.206. The van der Waals surface area contributed by atoms with Gasteiger partial charge in [-0.2, -0.15) is 0 Å². The fourth-order valence-electron chi connectivity index (χ4n) is 3.74. The van der Waals surface area contributed by atoms with Crippen LogP contribution in [0.1, 0.15) is 40.0 Å². The van der Waals surface area contributed by atoms with E-state index < -0.39 is 28.7 Å². The molecule has 1 saturated carbocycles. The molecule has 2 heterocycles. The first-order valence-corrected chi connectivity index (χ1v) is 7.07. The van der Waals surface area contributed by atoms with Gasteiger partial charge in [0.15, 0.2) is 0 Å². The van der Waals surface area contributed by atoms with Crippen molar-refractivity contribution in [3.63, 3.8) is 0 Å². The number of ether oxygens (including phenoxy) is 2. The van der Waals surface area contributed by atoms with Crippen LogP contribution in [0.25, 0.3) is 0 Å². The molecule has 0 aromatic rings. The minimum absolute atomic E-state index is 0.0342. The maximum Gasteiger partial charge on any atom is 0.410 e. The minimum atomic E-state index is -0.809. The second-order valence-electron chi connectivity index (χ2n) is 7.20. The van der Waals surface area contributed by atoms with E-state index in [-0.39, 0.29) is 6.10 Å². The van der Waals surface area contributed by atoms with E-state index in [2.05, 4.69) is 0 Å². The topological polar surface area (TPSA) is 76.1 Å². The molecule has 0 aromatic carbocycles. The summed E-state index contributed by atoms with van der Waals surface area (Å²) in [4.78, 5) is 25.2. The van der Waals surface area contributed by atoms with Crippen LogP contribution < -0.4 is 0 Å². The Hall–Kier alpha value is -1.30. The van der Waals surface area contributed by atoms with Gasteiger partial charge in [0.25, 0.3) is 0 Å². The number of carboxylic acids is 1. The molecular formula is C14H21NO5. The lowest BCUT2D eigenvalue weighted by Gasteiger charge is -2.54. The Morgan fingerprint density at radius 3 is 2.50 bits per heavy atom. The molecule has 1 spiro atoms. The third-order valence-electron chi connectivity index (χ3n) is 4.69. The summed E-state index contributed by atoms with van der Waals surface area (Å²) in [6.07, 6.45) is 1.67. The van der Waals surface area contributed by atoms with Crippen LogP contribution in [-0.4, -0.2) is 52.5 Å². The van der Waals surface area contributed by atoms with Crippen LogP contribution in [0.5, 0.6) is 0 Å². The number of hydrogen-bond donors (Lipinski definition) is 1. The Bertz CT molecular complexity index is 463. The van der Waals surface area contributed by atoms with Crippen LogP contribution in [0.15, 0.2) is 0 Å². The standard InChI is InChI=1S/C14H21NO5/c1-12(2,3)20-11(18)15-7-14(8-15)13(10(16)17)5-4-9(6-13)19-14/h9H,4-8H2,1-3H3,(H,16,17). The maximum atomic E-state index is 12.0. The molecule has 6 heteroatoms. The molecule has 1 aliphatic carbocycles. The van der Waals surface area contributed by atoms with Crippen LogP contribution >= 0.6 is 0 Å². The van der Waals surface area contributed by atoms with Crippen molar-refractivity contribution in [3.05, 3.63) is 0 Å². The van der Waals surface area contributed by atoms with Gasteiger partial charge in [0.1, 0.15) is 16.6 Å². The zero-order valence-corrected chi connectivity index (χ0v) is 12.1. The smallest absolute Gasteiger partial charge is 0.410 e. The average Bonchev–Trinajstić information content (AvgIpc) is 2.79. The second-order valence-corrected chi connectivity index (χ2v) is 7.20. The quantitative estimate of drug-likeness (QED) is 0.791. The lowest BCUT2D eigenvalue weighted by Crippen LogP contribution is -2.72. The molecule has 2 bridgehead atoms. The summed E-state index contributed by atoms with van der Waals surface area (Å²) in [5.74, 6) is -0.790. The first-order valence-electron chi connectivity index (χ1n) is 7.07. The zero-order chi connectivity index (χ0) is 14.8. The number of likely N-dealkylation sites (tertiary alicyclic amines) is 1. The van der Waals surface area contributed by atoms with Crippen molar-refractivity contribution in [2.75, 3.05) is 13.1 Å². The molecule has 2 unspecified atom stereocenters. The molecule has 6 nitrogen and oxygen atoms in total. The normalized spacial score (nSPS) is 34.1. The molecule has 3 rings (SSSR count). The predicted molar refractivity (Wildman–Crippen MR) is 69.3 cm³/mol. The Balaban J connectivity index is 1.70. The van der Waals surface area contributed by atoms with Crippen molar-refractivity contribution in [1.29, 1.82) is 0 Å². The van der Waals surface area contributed by atoms with Crippen LogP contribution in [0.3, 0.4) is 0 Å². The fourth-order valence-corrected chi connectivity index (χ4v) is 3.74. The molecule has 3 fully saturated rings. The molecule has 2 saturated heterocycles. The van der Waals surface area contributed by atoms with Crippen molar-refractivity contribution in [2.24, 2.45) is 5.41 Å². The summed E-state index contributed by atoms with van der Waals surface area (Å²) in [7, 11) is 0. The summed E-state index contributed by atoms with van der Waals surface area (Å²) < 4.78 is 11.2. The molecule has 2 atom stereocenters. The molecule has 3 aliphatic rings. The average molecular weight is 283 g/mol. The number of nitrogens with zero attached hydrogens (tertiary/aromatic N) is 1. The Morgan fingerprint density at radius 2 is 2.00 bits per heavy atom. The van der Waals surface area contributed by atoms with Gasteiger partial charge in [-0.25, -0.2) is 4.79 Å². The van der Waals surface area contributed by atoms with Gasteiger partial charge in [-0.05, 0) is 40.0 Å². The summed E-state index contributed by atoms with van der Waals surface area (Å²) in [5.41, 5.74) is -2.05. The van der Waals surface area contributed by atoms with E-state index in [9.17, 15) is 14.7 Å². The first-order chi connectivity index (χ1) is 9.17. The number of hydrogen-bond acceptors (Lipinski definition) is 4. The number of amides is 1. The van der Waals surface area contributed by atoms with Gasteiger partial charge in [0, 0.05) is 0 Å².